The van der Waals surface area contributed by atoms with Crippen LogP contribution in [-0.2, 0) is 129 Å². The van der Waals surface area contributed by atoms with Crippen molar-refractivity contribution in [2.75, 3.05) is 144 Å². The Morgan fingerprint density at radius 2 is 1.26 bits per heavy atom. The molecule has 0 saturated carbocycles. The number of rotatable bonds is 49. The molecule has 4 atom stereocenters. The van der Waals surface area contributed by atoms with E-state index in [1.54, 1.807) is 74.9 Å². The number of ether oxygens (including phenoxy) is 11. The summed E-state index contributed by atoms with van der Waals surface area (Å²) in [5, 5.41) is 27.9. The second kappa shape index (κ2) is 44.3. The quantitative estimate of drug-likeness (QED) is 0.00705. The summed E-state index contributed by atoms with van der Waals surface area (Å²) in [5.41, 5.74) is 7.33. The van der Waals surface area contributed by atoms with Gasteiger partial charge in [0.1, 0.15) is 48.5 Å². The molecule has 3 aliphatic rings. The van der Waals surface area contributed by atoms with Gasteiger partial charge >= 0.3 is 18.0 Å². The third kappa shape index (κ3) is 24.2. The van der Waals surface area contributed by atoms with E-state index < -0.39 is 92.7 Å². The van der Waals surface area contributed by atoms with Crippen LogP contribution < -0.4 is 32.1 Å². The zero-order valence-corrected chi connectivity index (χ0v) is 70.8. The highest BCUT2D eigenvalue weighted by Gasteiger charge is 2.51. The van der Waals surface area contributed by atoms with Crippen molar-refractivity contribution in [2.45, 2.75) is 116 Å². The van der Waals surface area contributed by atoms with Crippen LogP contribution in [0.3, 0.4) is 0 Å². The molecule has 1 aliphatic carbocycles. The number of cyclic esters (lactones) is 1. The third-order valence-corrected chi connectivity index (χ3v) is 22.0. The average Bonchev–Trinajstić information content (AvgIpc) is 1.58. The first-order valence-corrected chi connectivity index (χ1v) is 42.6. The largest absolute Gasteiger partial charge is 0.508 e. The van der Waals surface area contributed by atoms with Crippen molar-refractivity contribution in [1.29, 1.82) is 0 Å². The number of benzene rings is 4. The summed E-state index contributed by atoms with van der Waals surface area (Å²) >= 11 is 0. The van der Waals surface area contributed by atoms with Crippen molar-refractivity contribution in [3.63, 3.8) is 0 Å². The number of aromatic nitrogens is 4. The highest BCUT2D eigenvalue weighted by molar-refractivity contribution is 7.85. The number of carbonyl (C=O) groups is 8. The maximum atomic E-state index is 14.2. The summed E-state index contributed by atoms with van der Waals surface area (Å²) < 4.78 is 98.9. The van der Waals surface area contributed by atoms with Crippen LogP contribution in [0, 0.1) is 5.92 Å². The molecule has 11 rings (SSSR count). The maximum Gasteiger partial charge on any atom is 0.424 e. The van der Waals surface area contributed by atoms with Gasteiger partial charge in [0.05, 0.1) is 147 Å². The number of fused-ring (bicyclic) bond motifs is 9. The summed E-state index contributed by atoms with van der Waals surface area (Å²) in [6.45, 7) is 13.1. The van der Waals surface area contributed by atoms with Crippen molar-refractivity contribution < 1.29 is 109 Å². The van der Waals surface area contributed by atoms with E-state index in [1.165, 1.54) is 42.3 Å². The van der Waals surface area contributed by atoms with Crippen molar-refractivity contribution in [3.8, 4) is 28.3 Å². The molecule has 660 valence electrons. The molecular formula is C87H107N11O24S. The van der Waals surface area contributed by atoms with Crippen LogP contribution in [0.5, 0.6) is 5.75 Å². The summed E-state index contributed by atoms with van der Waals surface area (Å²) in [6.07, 6.45) is 1.34. The summed E-state index contributed by atoms with van der Waals surface area (Å²) in [6, 6.07) is 30.3. The molecule has 8 aromatic rings. The first-order chi connectivity index (χ1) is 59.3. The summed E-state index contributed by atoms with van der Waals surface area (Å²) in [7, 11) is -1.38. The molecule has 0 unspecified atom stereocenters. The number of aryl methyl sites for hydroxylation is 2. The van der Waals surface area contributed by atoms with E-state index in [9.17, 15) is 61.2 Å². The first kappa shape index (κ1) is 92.6. The fraction of sp³-hybridized carbons (Fsp3) is 0.460. The van der Waals surface area contributed by atoms with Crippen LogP contribution in [0.2, 0.25) is 0 Å². The first-order valence-electron chi connectivity index (χ1n) is 41.0. The number of phenolic OH excluding ortho intramolecular Hbond substituents is 1. The van der Waals surface area contributed by atoms with E-state index in [4.69, 9.17) is 57.1 Å². The maximum absolute atomic E-state index is 14.2. The van der Waals surface area contributed by atoms with Crippen LogP contribution in [0.1, 0.15) is 109 Å². The third-order valence-electron chi connectivity index (χ3n) is 21.2. The molecular weight excluding hydrogens is 1620 g/mol. The Labute approximate surface area is 711 Å². The van der Waals surface area contributed by atoms with Gasteiger partial charge in [0, 0.05) is 85.4 Å². The predicted octanol–water partition coefficient (Wildman–Crippen LogP) is 6.48. The lowest BCUT2D eigenvalue weighted by Crippen LogP contribution is -2.53. The van der Waals surface area contributed by atoms with E-state index in [0.29, 0.717) is 94.1 Å². The molecule has 7 N–H and O–H groups in total. The highest BCUT2D eigenvalue weighted by Crippen LogP contribution is 2.46. The topological polar surface area (TPSA) is 432 Å². The minimum atomic E-state index is -4.70. The fourth-order valence-electron chi connectivity index (χ4n) is 14.8. The number of esters is 2. The molecule has 0 radical (unpaired) electrons. The molecule has 36 heteroatoms. The minimum Gasteiger partial charge on any atom is -0.508 e. The van der Waals surface area contributed by atoms with Crippen molar-refractivity contribution in [1.82, 2.24) is 50.4 Å². The molecule has 4 aromatic carbocycles. The molecule has 2 aliphatic heterocycles. The average molecular weight is 1720 g/mol. The molecule has 35 nitrogen and oxygen atoms in total. The SMILES string of the molecule is CCc1c2c(nc3ccc(O)cc13)-c1cc3c(c(=O)n1C2)COC(=O)[C@@]3(CC)OC(=O)c1ccc(NC(=O)[C@H](C)NC(=O)[C@@H](NC(=O)CCOCCOCCOCCOCCOCCOCCOCCOCCNC(=O)[C@H](CS(=O)(=O)O)NC(=O)CCn2c(CN(C)N(C)C(=O)OCC3c4ccccc4-c4ccccc43)cc3cccnc32)C(C)C)cc1. The van der Waals surface area contributed by atoms with E-state index in [0.717, 1.165) is 44.2 Å². The molecule has 6 amide bonds. The molecule has 123 heavy (non-hydrogen) atoms. The second-order valence-corrected chi connectivity index (χ2v) is 31.4. The normalized spacial score (nSPS) is 14.7. The van der Waals surface area contributed by atoms with Gasteiger partial charge < -0.3 is 92.9 Å². The van der Waals surface area contributed by atoms with E-state index in [-0.39, 0.29) is 145 Å². The molecule has 6 heterocycles. The molecule has 0 spiro atoms. The number of nitrogens with zero attached hydrogens (tertiary/aromatic N) is 6. The minimum absolute atomic E-state index is 0.0296. The zero-order valence-electron chi connectivity index (χ0n) is 70.0. The molecule has 0 saturated heterocycles. The van der Waals surface area contributed by atoms with Gasteiger partial charge in [-0.15, -0.1) is 0 Å². The number of hydrogen-bond donors (Lipinski definition) is 7. The Hall–Kier alpha value is -11.2. The Kier molecular flexibility index (Phi) is 33.3. The number of pyridine rings is 3. The Balaban J connectivity index is 0.472. The van der Waals surface area contributed by atoms with Crippen molar-refractivity contribution in [3.05, 3.63) is 176 Å². The molecule has 0 bridgehead atoms. The lowest BCUT2D eigenvalue weighted by atomic mass is 9.85. The summed E-state index contributed by atoms with van der Waals surface area (Å²) in [5.74, 6) is -6.28. The van der Waals surface area contributed by atoms with Gasteiger partial charge in [0.15, 0.2) is 0 Å². The van der Waals surface area contributed by atoms with E-state index in [2.05, 4.69) is 43.7 Å². The van der Waals surface area contributed by atoms with Gasteiger partial charge in [-0.1, -0.05) is 76.2 Å². The summed E-state index contributed by atoms with van der Waals surface area (Å²) in [4.78, 5) is 131. The highest BCUT2D eigenvalue weighted by atomic mass is 32.2. The molecule has 4 aromatic heterocycles. The number of hydrazine groups is 1. The van der Waals surface area contributed by atoms with Crippen LogP contribution in [-0.4, -0.2) is 252 Å². The second-order valence-electron chi connectivity index (χ2n) is 29.9. The smallest absolute Gasteiger partial charge is 0.424 e. The number of carbonyl (C=O) groups excluding carboxylic acids is 8. The van der Waals surface area contributed by atoms with Gasteiger partial charge in [0.25, 0.3) is 15.7 Å². The Morgan fingerprint density at radius 1 is 0.667 bits per heavy atom. The zero-order chi connectivity index (χ0) is 87.7. The van der Waals surface area contributed by atoms with Crippen LogP contribution in [0.15, 0.2) is 126 Å². The number of anilines is 1. The fourth-order valence-corrected chi connectivity index (χ4v) is 15.4. The predicted molar refractivity (Wildman–Crippen MR) is 449 cm³/mol. The number of phenols is 1. The lowest BCUT2D eigenvalue weighted by molar-refractivity contribution is -0.173. The van der Waals surface area contributed by atoms with Gasteiger partial charge in [-0.05, 0) is 120 Å². The van der Waals surface area contributed by atoms with Crippen LogP contribution >= 0.6 is 0 Å². The standard InChI is InChI=1S/C87H107N11O24S/c1-8-62-67-48-61(99)24-25-72(67)93-78-68(62)51-98-74(78)49-71-70(83(98)105)53-120-85(107)87(71,9-2)122-84(106)57-20-22-59(23-21-57)91-80(102)56(5)90-82(104)77(55(3)4)94-76(101)27-31-112-33-35-114-37-39-116-41-43-118-45-46-119-44-42-117-40-38-115-36-34-113-32-29-89-81(103)73(54-123(109,110)111)92-75(100)26-30-97-60(47-58-15-14-28-88-79(58)97)50-95(6)96(7)86(108)121-52-69-65-18-12-10-16-63(65)64-17-11-13-19-66(64)69/h10-25,28,47-49,55-56,69,73,77,99H,8-9,26-27,29-46,50-54H2,1-7H3,(H,89,103)(H,90,104)(H,91,102)(H,92,100)(H,94,101)(H,109,110,111)/t56-,73-,77-,87-/m0/s1. The van der Waals surface area contributed by atoms with Crippen LogP contribution in [0.25, 0.3) is 44.5 Å². The van der Waals surface area contributed by atoms with Gasteiger partial charge in [-0.2, -0.15) is 8.42 Å². The van der Waals surface area contributed by atoms with Crippen molar-refractivity contribution >= 4 is 85.3 Å². The number of aromatic hydroxyl groups is 1. The number of amides is 6. The van der Waals surface area contributed by atoms with Gasteiger partial charge in [-0.3, -0.25) is 33.3 Å². The van der Waals surface area contributed by atoms with Gasteiger partial charge in [0.2, 0.25) is 35.1 Å². The lowest BCUT2D eigenvalue weighted by Gasteiger charge is -2.35. The van der Waals surface area contributed by atoms with Crippen LogP contribution in [0.4, 0.5) is 10.5 Å². The Morgan fingerprint density at radius 3 is 1.85 bits per heavy atom. The number of nitrogens with one attached hydrogen (secondary N) is 5. The van der Waals surface area contributed by atoms with Crippen molar-refractivity contribution in [2.24, 2.45) is 5.92 Å². The Bertz CT molecular complexity index is 5190. The molecule has 0 fully saturated rings. The van der Waals surface area contributed by atoms with Gasteiger partial charge in [-0.25, -0.2) is 34.4 Å². The number of hydrogen-bond acceptors (Lipinski definition) is 26. The van der Waals surface area contributed by atoms with E-state index >= 15 is 0 Å². The monoisotopic (exact) mass is 1720 g/mol. The van der Waals surface area contributed by atoms with E-state index in [1.807, 2.05) is 60.0 Å².